The van der Waals surface area contributed by atoms with Crippen molar-refractivity contribution in [1.82, 2.24) is 4.90 Å². The third-order valence-corrected chi connectivity index (χ3v) is 6.63. The molecule has 0 unspecified atom stereocenters. The summed E-state index contributed by atoms with van der Waals surface area (Å²) in [6, 6.07) is 21.1. The standard InChI is InChI=1S/C26H28ClN3O.ClH/c27-21-6-3-7-22(19-21)30-16-14-29(15-17-30)13-4-18-31-28-26-12-11-24-23-8-2-1-5-20(23)9-10-25(24)26;/h1-3,5-10,19H,4,11-18H2;1H/b28-26-;. The fourth-order valence-electron chi connectivity index (χ4n) is 4.73. The lowest BCUT2D eigenvalue weighted by Crippen LogP contribution is -2.46. The minimum absolute atomic E-state index is 0. The fourth-order valence-corrected chi connectivity index (χ4v) is 4.91. The van der Waals surface area contributed by atoms with Crippen LogP contribution in [0.15, 0.2) is 65.8 Å². The molecule has 3 aromatic carbocycles. The lowest BCUT2D eigenvalue weighted by molar-refractivity contribution is 0.127. The van der Waals surface area contributed by atoms with Gasteiger partial charge in [-0.25, -0.2) is 0 Å². The highest BCUT2D eigenvalue weighted by Gasteiger charge is 2.20. The highest BCUT2D eigenvalue weighted by molar-refractivity contribution is 6.30. The van der Waals surface area contributed by atoms with Gasteiger partial charge in [-0.05, 0) is 53.8 Å². The van der Waals surface area contributed by atoms with Crippen LogP contribution < -0.4 is 4.90 Å². The van der Waals surface area contributed by atoms with Gasteiger partial charge in [0.1, 0.15) is 6.61 Å². The Bertz CT molecular complexity index is 1090. The molecule has 0 bridgehead atoms. The van der Waals surface area contributed by atoms with Crippen LogP contribution in [0.25, 0.3) is 10.8 Å². The van der Waals surface area contributed by atoms with E-state index in [1.165, 1.54) is 27.6 Å². The van der Waals surface area contributed by atoms with Gasteiger partial charge in [0.15, 0.2) is 0 Å². The van der Waals surface area contributed by atoms with Gasteiger partial charge in [-0.3, -0.25) is 4.90 Å². The van der Waals surface area contributed by atoms with Crippen molar-refractivity contribution in [3.8, 4) is 0 Å². The minimum Gasteiger partial charge on any atom is -0.396 e. The zero-order valence-corrected chi connectivity index (χ0v) is 19.7. The van der Waals surface area contributed by atoms with Crippen LogP contribution in [0.1, 0.15) is 24.0 Å². The number of oxime groups is 1. The summed E-state index contributed by atoms with van der Waals surface area (Å²) in [6.07, 6.45) is 3.02. The molecule has 1 saturated heterocycles. The first-order chi connectivity index (χ1) is 15.3. The molecule has 1 fully saturated rings. The number of anilines is 1. The highest BCUT2D eigenvalue weighted by atomic mass is 35.5. The van der Waals surface area contributed by atoms with E-state index in [1.54, 1.807) is 0 Å². The van der Waals surface area contributed by atoms with Gasteiger partial charge in [-0.2, -0.15) is 0 Å². The van der Waals surface area contributed by atoms with Crippen LogP contribution in [-0.4, -0.2) is 49.9 Å². The number of piperazine rings is 1. The summed E-state index contributed by atoms with van der Waals surface area (Å²) < 4.78 is 0. The molecule has 0 aromatic heterocycles. The molecule has 0 radical (unpaired) electrons. The SMILES string of the molecule is Cl.Clc1cccc(N2CCN(CCCO/N=C3/CCc4c3ccc3ccccc43)CC2)c1. The quantitative estimate of drug-likeness (QED) is 0.337. The van der Waals surface area contributed by atoms with E-state index in [9.17, 15) is 0 Å². The summed E-state index contributed by atoms with van der Waals surface area (Å²) in [7, 11) is 0. The Labute approximate surface area is 201 Å². The van der Waals surface area contributed by atoms with Gasteiger partial charge >= 0.3 is 0 Å². The van der Waals surface area contributed by atoms with E-state index in [0.717, 1.165) is 62.7 Å². The van der Waals surface area contributed by atoms with E-state index < -0.39 is 0 Å². The van der Waals surface area contributed by atoms with Crippen LogP contribution in [0, 0.1) is 0 Å². The Morgan fingerprint density at radius 3 is 2.59 bits per heavy atom. The maximum absolute atomic E-state index is 6.13. The Balaban J connectivity index is 0.00000245. The molecule has 168 valence electrons. The highest BCUT2D eigenvalue weighted by Crippen LogP contribution is 2.30. The van der Waals surface area contributed by atoms with Crippen LogP contribution >= 0.6 is 24.0 Å². The monoisotopic (exact) mass is 469 g/mol. The molecule has 0 amide bonds. The fraction of sp³-hybridized carbons (Fsp3) is 0.346. The second-order valence-corrected chi connectivity index (χ2v) is 8.78. The largest absolute Gasteiger partial charge is 0.396 e. The summed E-state index contributed by atoms with van der Waals surface area (Å²) in [4.78, 5) is 10.6. The molecular formula is C26H29Cl2N3O. The summed E-state index contributed by atoms with van der Waals surface area (Å²) in [5, 5.41) is 7.95. The van der Waals surface area contributed by atoms with E-state index in [-0.39, 0.29) is 12.4 Å². The molecule has 0 atom stereocenters. The lowest BCUT2D eigenvalue weighted by Gasteiger charge is -2.36. The molecule has 0 spiro atoms. The first kappa shape index (κ1) is 22.9. The number of hydrogen-bond acceptors (Lipinski definition) is 4. The second-order valence-electron chi connectivity index (χ2n) is 8.35. The predicted molar refractivity (Wildman–Crippen MR) is 137 cm³/mol. The molecule has 5 rings (SSSR count). The number of aryl methyl sites for hydroxylation is 1. The van der Waals surface area contributed by atoms with Crippen LogP contribution in [0.2, 0.25) is 5.02 Å². The van der Waals surface area contributed by atoms with Crippen molar-refractivity contribution in [2.24, 2.45) is 5.16 Å². The van der Waals surface area contributed by atoms with Crippen molar-refractivity contribution in [2.75, 3.05) is 44.2 Å². The molecular weight excluding hydrogens is 441 g/mol. The van der Waals surface area contributed by atoms with Gasteiger partial charge < -0.3 is 9.74 Å². The van der Waals surface area contributed by atoms with E-state index >= 15 is 0 Å². The van der Waals surface area contributed by atoms with Gasteiger partial charge in [-0.1, -0.05) is 59.2 Å². The number of rotatable bonds is 6. The first-order valence-corrected chi connectivity index (χ1v) is 11.6. The molecule has 2 aliphatic rings. The topological polar surface area (TPSA) is 28.1 Å². The summed E-state index contributed by atoms with van der Waals surface area (Å²) in [6.45, 7) is 5.93. The molecule has 6 heteroatoms. The summed E-state index contributed by atoms with van der Waals surface area (Å²) >= 11 is 6.13. The zero-order valence-electron chi connectivity index (χ0n) is 18.2. The van der Waals surface area contributed by atoms with E-state index in [2.05, 4.69) is 57.4 Å². The average Bonchev–Trinajstić information content (AvgIpc) is 3.23. The summed E-state index contributed by atoms with van der Waals surface area (Å²) in [5.74, 6) is 0. The van der Waals surface area contributed by atoms with Crippen LogP contribution in [0.5, 0.6) is 0 Å². The molecule has 0 N–H and O–H groups in total. The van der Waals surface area contributed by atoms with Crippen LogP contribution in [0.4, 0.5) is 5.69 Å². The van der Waals surface area contributed by atoms with Crippen molar-refractivity contribution in [3.63, 3.8) is 0 Å². The van der Waals surface area contributed by atoms with E-state index in [4.69, 9.17) is 16.4 Å². The average molecular weight is 470 g/mol. The molecule has 1 aliphatic heterocycles. The van der Waals surface area contributed by atoms with E-state index in [1.807, 2.05) is 18.2 Å². The number of nitrogens with zero attached hydrogens (tertiary/aromatic N) is 3. The van der Waals surface area contributed by atoms with Crippen LogP contribution in [0.3, 0.4) is 0 Å². The Morgan fingerprint density at radius 2 is 1.75 bits per heavy atom. The van der Waals surface area contributed by atoms with Crippen molar-refractivity contribution in [2.45, 2.75) is 19.3 Å². The van der Waals surface area contributed by atoms with Crippen LogP contribution in [-0.2, 0) is 11.3 Å². The number of halogens is 2. The Morgan fingerprint density at radius 1 is 0.906 bits per heavy atom. The zero-order chi connectivity index (χ0) is 21.0. The van der Waals surface area contributed by atoms with Gasteiger partial charge in [-0.15, -0.1) is 12.4 Å². The van der Waals surface area contributed by atoms with Crippen molar-refractivity contribution < 1.29 is 4.84 Å². The van der Waals surface area contributed by atoms with Crippen molar-refractivity contribution in [3.05, 3.63) is 76.8 Å². The third kappa shape index (κ3) is 5.03. The molecule has 32 heavy (non-hydrogen) atoms. The minimum atomic E-state index is 0. The van der Waals surface area contributed by atoms with Gasteiger partial charge in [0.05, 0.1) is 5.71 Å². The maximum atomic E-state index is 6.13. The molecule has 1 aliphatic carbocycles. The summed E-state index contributed by atoms with van der Waals surface area (Å²) in [5.41, 5.74) is 4.99. The van der Waals surface area contributed by atoms with Gasteiger partial charge in [0, 0.05) is 49.0 Å². The number of benzene rings is 3. The van der Waals surface area contributed by atoms with E-state index in [0.29, 0.717) is 6.61 Å². The number of hydrogen-bond donors (Lipinski definition) is 0. The normalized spacial score (nSPS) is 17.4. The van der Waals surface area contributed by atoms with Crippen molar-refractivity contribution >= 4 is 46.2 Å². The Kier molecular flexibility index (Phi) is 7.56. The molecule has 0 saturated carbocycles. The molecule has 1 heterocycles. The number of fused-ring (bicyclic) bond motifs is 3. The van der Waals surface area contributed by atoms with Crippen molar-refractivity contribution in [1.29, 1.82) is 0 Å². The first-order valence-electron chi connectivity index (χ1n) is 11.2. The molecule has 3 aromatic rings. The second kappa shape index (κ2) is 10.6. The molecule has 4 nitrogen and oxygen atoms in total. The smallest absolute Gasteiger partial charge is 0.118 e. The Hall–Kier alpha value is -2.27. The lowest BCUT2D eigenvalue weighted by atomic mass is 10.0. The van der Waals surface area contributed by atoms with Gasteiger partial charge in [0.2, 0.25) is 0 Å². The maximum Gasteiger partial charge on any atom is 0.118 e. The van der Waals surface area contributed by atoms with Gasteiger partial charge in [0.25, 0.3) is 0 Å². The predicted octanol–water partition coefficient (Wildman–Crippen LogP) is 5.79. The third-order valence-electron chi connectivity index (χ3n) is 6.39.